The van der Waals surface area contributed by atoms with Crippen LogP contribution in [0, 0.1) is 16.7 Å². The molecular formula is C6H9NO3. The van der Waals surface area contributed by atoms with Gasteiger partial charge in [-0.3, -0.25) is 4.79 Å². The van der Waals surface area contributed by atoms with E-state index in [2.05, 4.69) is 0 Å². The van der Waals surface area contributed by atoms with Crippen LogP contribution >= 0.6 is 0 Å². The molecule has 0 saturated carbocycles. The topological polar surface area (TPSA) is 81.3 Å². The molecule has 0 spiro atoms. The van der Waals surface area contributed by atoms with Gasteiger partial charge in [0.2, 0.25) is 0 Å². The van der Waals surface area contributed by atoms with E-state index in [1.165, 1.54) is 6.92 Å². The SMILES string of the molecule is CC(C#N)(CO)CC(=O)O. The molecule has 0 fully saturated rings. The molecule has 1 unspecified atom stereocenters. The lowest BCUT2D eigenvalue weighted by atomic mass is 9.90. The number of hydrogen-bond acceptors (Lipinski definition) is 3. The van der Waals surface area contributed by atoms with Gasteiger partial charge in [0.15, 0.2) is 0 Å². The number of carbonyl (C=O) groups is 1. The third kappa shape index (κ3) is 2.46. The Morgan fingerprint density at radius 1 is 1.80 bits per heavy atom. The van der Waals surface area contributed by atoms with Gasteiger partial charge in [0.05, 0.1) is 24.5 Å². The summed E-state index contributed by atoms with van der Waals surface area (Å²) in [4.78, 5) is 10.1. The molecular weight excluding hydrogens is 134 g/mol. The summed E-state index contributed by atoms with van der Waals surface area (Å²) in [6, 6.07) is 1.73. The van der Waals surface area contributed by atoms with Crippen molar-refractivity contribution in [1.82, 2.24) is 0 Å². The first kappa shape index (κ1) is 8.92. The number of nitrogens with zero attached hydrogens (tertiary/aromatic N) is 1. The Morgan fingerprint density at radius 2 is 2.30 bits per heavy atom. The van der Waals surface area contributed by atoms with Gasteiger partial charge in [-0.2, -0.15) is 5.26 Å². The van der Waals surface area contributed by atoms with Crippen molar-refractivity contribution in [3.63, 3.8) is 0 Å². The van der Waals surface area contributed by atoms with E-state index in [-0.39, 0.29) is 6.42 Å². The maximum Gasteiger partial charge on any atom is 0.305 e. The van der Waals surface area contributed by atoms with E-state index in [9.17, 15) is 4.79 Å². The summed E-state index contributed by atoms with van der Waals surface area (Å²) in [6.07, 6.45) is -0.319. The molecule has 0 saturated heterocycles. The van der Waals surface area contributed by atoms with E-state index in [4.69, 9.17) is 15.5 Å². The molecule has 0 bridgehead atoms. The fourth-order valence-corrected chi connectivity index (χ4v) is 0.465. The van der Waals surface area contributed by atoms with E-state index >= 15 is 0 Å². The fraction of sp³-hybridized carbons (Fsp3) is 0.667. The number of aliphatic hydroxyl groups is 1. The smallest absolute Gasteiger partial charge is 0.305 e. The molecule has 0 amide bonds. The van der Waals surface area contributed by atoms with E-state index < -0.39 is 18.0 Å². The van der Waals surface area contributed by atoms with Crippen LogP contribution in [0.3, 0.4) is 0 Å². The molecule has 2 N–H and O–H groups in total. The Kier molecular flexibility index (Phi) is 2.84. The molecule has 10 heavy (non-hydrogen) atoms. The first-order valence-electron chi connectivity index (χ1n) is 2.78. The van der Waals surface area contributed by atoms with Gasteiger partial charge in [-0.15, -0.1) is 0 Å². The highest BCUT2D eigenvalue weighted by atomic mass is 16.4. The van der Waals surface area contributed by atoms with Crippen molar-refractivity contribution >= 4 is 5.97 Å². The number of carboxylic acids is 1. The van der Waals surface area contributed by atoms with Gasteiger partial charge in [0, 0.05) is 0 Å². The van der Waals surface area contributed by atoms with Crippen LogP contribution in [0.5, 0.6) is 0 Å². The highest BCUT2D eigenvalue weighted by molar-refractivity contribution is 5.68. The van der Waals surface area contributed by atoms with Crippen molar-refractivity contribution in [2.75, 3.05) is 6.61 Å². The number of aliphatic hydroxyl groups excluding tert-OH is 1. The number of aliphatic carboxylic acids is 1. The second kappa shape index (κ2) is 3.18. The second-order valence-corrected chi connectivity index (χ2v) is 2.40. The van der Waals surface area contributed by atoms with Crippen molar-refractivity contribution in [1.29, 1.82) is 5.26 Å². The predicted molar refractivity (Wildman–Crippen MR) is 33.1 cm³/mol. The normalized spacial score (nSPS) is 15.3. The average Bonchev–Trinajstić information content (AvgIpc) is 1.87. The van der Waals surface area contributed by atoms with Crippen LogP contribution < -0.4 is 0 Å². The van der Waals surface area contributed by atoms with Crippen LogP contribution in [0.25, 0.3) is 0 Å². The van der Waals surface area contributed by atoms with Crippen LogP contribution in [-0.4, -0.2) is 22.8 Å². The molecule has 4 heteroatoms. The third-order valence-electron chi connectivity index (χ3n) is 1.16. The zero-order chi connectivity index (χ0) is 8.20. The molecule has 56 valence electrons. The molecule has 0 aliphatic heterocycles. The van der Waals surface area contributed by atoms with Crippen molar-refractivity contribution in [3.8, 4) is 6.07 Å². The lowest BCUT2D eigenvalue weighted by Crippen LogP contribution is -2.22. The second-order valence-electron chi connectivity index (χ2n) is 2.40. The third-order valence-corrected chi connectivity index (χ3v) is 1.16. The molecule has 0 radical (unpaired) electrons. The Labute approximate surface area is 58.7 Å². The van der Waals surface area contributed by atoms with Crippen LogP contribution in [0.1, 0.15) is 13.3 Å². The summed E-state index contributed by atoms with van der Waals surface area (Å²) < 4.78 is 0. The highest BCUT2D eigenvalue weighted by Gasteiger charge is 2.25. The summed E-state index contributed by atoms with van der Waals surface area (Å²) in [5, 5.41) is 25.2. The summed E-state index contributed by atoms with van der Waals surface area (Å²) in [5.41, 5.74) is -1.13. The first-order valence-corrected chi connectivity index (χ1v) is 2.78. The first-order chi connectivity index (χ1) is 4.54. The van der Waals surface area contributed by atoms with Crippen molar-refractivity contribution < 1.29 is 15.0 Å². The Bertz CT molecular complexity index is 172. The van der Waals surface area contributed by atoms with Crippen LogP contribution in [0.2, 0.25) is 0 Å². The molecule has 1 atom stereocenters. The number of carboxylic acid groups (broad SMARTS) is 1. The van der Waals surface area contributed by atoms with E-state index in [0.717, 1.165) is 0 Å². The molecule has 0 heterocycles. The van der Waals surface area contributed by atoms with Crippen molar-refractivity contribution in [3.05, 3.63) is 0 Å². The molecule has 0 aromatic carbocycles. The molecule has 0 rings (SSSR count). The summed E-state index contributed by atoms with van der Waals surface area (Å²) in [7, 11) is 0. The minimum atomic E-state index is -1.13. The van der Waals surface area contributed by atoms with Crippen molar-refractivity contribution in [2.45, 2.75) is 13.3 Å². The van der Waals surface area contributed by atoms with Crippen LogP contribution in [0.15, 0.2) is 0 Å². The molecule has 0 aromatic heterocycles. The van der Waals surface area contributed by atoms with E-state index in [1.54, 1.807) is 6.07 Å². The zero-order valence-electron chi connectivity index (χ0n) is 5.66. The standard InChI is InChI=1S/C6H9NO3/c1-6(3-7,4-8)2-5(9)10/h8H,2,4H2,1H3,(H,9,10). The van der Waals surface area contributed by atoms with Gasteiger partial charge in [0.1, 0.15) is 0 Å². The number of nitriles is 1. The molecule has 0 aliphatic carbocycles. The van der Waals surface area contributed by atoms with Crippen LogP contribution in [-0.2, 0) is 4.79 Å². The van der Waals surface area contributed by atoms with Gasteiger partial charge in [-0.1, -0.05) is 0 Å². The summed E-state index contributed by atoms with van der Waals surface area (Å²) in [6.45, 7) is 0.983. The van der Waals surface area contributed by atoms with Crippen molar-refractivity contribution in [2.24, 2.45) is 5.41 Å². The maximum absolute atomic E-state index is 10.1. The molecule has 4 nitrogen and oxygen atoms in total. The minimum absolute atomic E-state index is 0.319. The van der Waals surface area contributed by atoms with Gasteiger partial charge >= 0.3 is 5.97 Å². The largest absolute Gasteiger partial charge is 0.481 e. The summed E-state index contributed by atoms with van der Waals surface area (Å²) in [5.74, 6) is -1.07. The lowest BCUT2D eigenvalue weighted by molar-refractivity contribution is -0.139. The summed E-state index contributed by atoms with van der Waals surface area (Å²) >= 11 is 0. The van der Waals surface area contributed by atoms with E-state index in [0.29, 0.717) is 0 Å². The Balaban J connectivity index is 4.10. The predicted octanol–water partition coefficient (Wildman–Crippen LogP) is -0.0167. The van der Waals surface area contributed by atoms with Gasteiger partial charge in [0.25, 0.3) is 0 Å². The number of hydrogen-bond donors (Lipinski definition) is 2. The minimum Gasteiger partial charge on any atom is -0.481 e. The Hall–Kier alpha value is -1.08. The van der Waals surface area contributed by atoms with Crippen LogP contribution in [0.4, 0.5) is 0 Å². The quantitative estimate of drug-likeness (QED) is 0.581. The lowest BCUT2D eigenvalue weighted by Gasteiger charge is -2.13. The van der Waals surface area contributed by atoms with Gasteiger partial charge < -0.3 is 10.2 Å². The van der Waals surface area contributed by atoms with Gasteiger partial charge in [-0.05, 0) is 6.92 Å². The van der Waals surface area contributed by atoms with E-state index in [1.807, 2.05) is 0 Å². The Morgan fingerprint density at radius 3 is 2.40 bits per heavy atom. The zero-order valence-corrected chi connectivity index (χ0v) is 5.66. The monoisotopic (exact) mass is 143 g/mol. The highest BCUT2D eigenvalue weighted by Crippen LogP contribution is 2.18. The molecule has 0 aromatic rings. The fourth-order valence-electron chi connectivity index (χ4n) is 0.465. The van der Waals surface area contributed by atoms with Gasteiger partial charge in [-0.25, -0.2) is 0 Å². The maximum atomic E-state index is 10.1. The number of rotatable bonds is 3. The molecule has 0 aliphatic rings. The average molecular weight is 143 g/mol.